The molecule has 0 aliphatic carbocycles. The van der Waals surface area contributed by atoms with Crippen LogP contribution in [0.3, 0.4) is 0 Å². The summed E-state index contributed by atoms with van der Waals surface area (Å²) in [5.41, 5.74) is 2.48. The van der Waals surface area contributed by atoms with Crippen molar-refractivity contribution in [3.63, 3.8) is 0 Å². The third-order valence-corrected chi connectivity index (χ3v) is 4.77. The van der Waals surface area contributed by atoms with Gasteiger partial charge in [0.05, 0.1) is 16.6 Å². The van der Waals surface area contributed by atoms with Crippen LogP contribution in [-0.4, -0.2) is 119 Å². The summed E-state index contributed by atoms with van der Waals surface area (Å²) in [4.78, 5) is 12.2. The van der Waals surface area contributed by atoms with E-state index in [4.69, 9.17) is 15.3 Å². The van der Waals surface area contributed by atoms with Crippen molar-refractivity contribution in [3.05, 3.63) is 110 Å². The van der Waals surface area contributed by atoms with Gasteiger partial charge in [0.1, 0.15) is 17.2 Å². The number of phenolic OH excluding ortho intramolecular Hbond substituents is 3. The van der Waals surface area contributed by atoms with E-state index in [9.17, 15) is 0 Å². The number of hydrogen-bond acceptors (Lipinski definition) is 6. The maximum atomic E-state index is 9.09. The van der Waals surface area contributed by atoms with E-state index in [1.807, 2.05) is 54.6 Å². The first-order chi connectivity index (χ1) is 16.1. The van der Waals surface area contributed by atoms with Gasteiger partial charge in [0.2, 0.25) is 0 Å². The van der Waals surface area contributed by atoms with Crippen LogP contribution in [0, 0.1) is 0 Å². The predicted octanol–water partition coefficient (Wildman–Crippen LogP) is 4.30. The quantitative estimate of drug-likeness (QED) is 0.198. The molecule has 0 saturated carbocycles. The van der Waals surface area contributed by atoms with Crippen LogP contribution in [0.25, 0.3) is 32.7 Å². The van der Waals surface area contributed by atoms with Crippen molar-refractivity contribution in [1.82, 2.24) is 15.0 Å². The Hall–Kier alpha value is -1.78. The van der Waals surface area contributed by atoms with Crippen LogP contribution in [0.15, 0.2) is 110 Å². The summed E-state index contributed by atoms with van der Waals surface area (Å²) in [6.45, 7) is 0. The molecule has 6 nitrogen and oxygen atoms in total. The first kappa shape index (κ1) is 35.2. The summed E-state index contributed by atoms with van der Waals surface area (Å²) in [5.74, 6) is 0.781. The van der Waals surface area contributed by atoms with Gasteiger partial charge in [-0.15, -0.1) is 0 Å². The Morgan fingerprint density at radius 2 is 0.676 bits per heavy atom. The number of benzene rings is 3. The topological polar surface area (TPSA) is 99.4 Å². The Balaban J connectivity index is 0.000000498. The van der Waals surface area contributed by atoms with Crippen molar-refractivity contribution in [1.29, 1.82) is 0 Å². The molecule has 37 heavy (non-hydrogen) atoms. The standard InChI is InChI=1S/3C9H7NO.Al.3Sn/c3*11-8-4-3-7-2-1-5-10-9(7)6-8;;;;/h3*1-6,11H;;;;. The smallest absolute Gasteiger partial charge is 0.117 e. The largest absolute Gasteiger partial charge is 0.508 e. The number of aromatic hydroxyl groups is 3. The molecule has 0 amide bonds. The van der Waals surface area contributed by atoms with E-state index in [1.165, 1.54) is 0 Å². The van der Waals surface area contributed by atoms with Gasteiger partial charge in [0.25, 0.3) is 0 Å². The molecular weight excluding hydrogens is 797 g/mol. The zero-order chi connectivity index (χ0) is 23.0. The van der Waals surface area contributed by atoms with Crippen LogP contribution in [0.4, 0.5) is 0 Å². The van der Waals surface area contributed by atoms with E-state index in [0.29, 0.717) is 0 Å². The molecule has 0 aliphatic heterocycles. The number of nitrogens with zero attached hydrogens (tertiary/aromatic N) is 3. The summed E-state index contributed by atoms with van der Waals surface area (Å²) < 4.78 is 0. The fraction of sp³-hybridized carbons (Fsp3) is 0. The van der Waals surface area contributed by atoms with Gasteiger partial charge in [-0.25, -0.2) is 0 Å². The number of fused-ring (bicyclic) bond motifs is 3. The van der Waals surface area contributed by atoms with Gasteiger partial charge in [-0.1, -0.05) is 18.2 Å². The molecule has 3 aromatic heterocycles. The van der Waals surface area contributed by atoms with E-state index in [-0.39, 0.29) is 106 Å². The van der Waals surface area contributed by atoms with Crippen LogP contribution >= 0.6 is 0 Å². The second kappa shape index (κ2) is 17.7. The Labute approximate surface area is 276 Å². The molecule has 10 heteroatoms. The molecule has 0 spiro atoms. The minimum Gasteiger partial charge on any atom is -0.508 e. The van der Waals surface area contributed by atoms with Crippen molar-refractivity contribution in [3.8, 4) is 17.2 Å². The molecule has 3 aromatic carbocycles. The second-order valence-corrected chi connectivity index (χ2v) is 7.14. The third kappa shape index (κ3) is 10.5. The number of aromatic nitrogens is 3. The minimum absolute atomic E-state index is 0. The van der Waals surface area contributed by atoms with Gasteiger partial charge in [-0.2, -0.15) is 0 Å². The monoisotopic (exact) mass is 822 g/mol. The van der Waals surface area contributed by atoms with Crippen LogP contribution in [0.5, 0.6) is 17.2 Å². The molecule has 3 heterocycles. The molecular formula is C27H21AlN3O3Sn3. The molecule has 15 radical (unpaired) electrons. The van der Waals surface area contributed by atoms with E-state index < -0.39 is 0 Å². The number of hydrogen-bond donors (Lipinski definition) is 3. The van der Waals surface area contributed by atoms with Crippen LogP contribution in [0.1, 0.15) is 0 Å². The first-order valence-corrected chi connectivity index (χ1v) is 10.2. The van der Waals surface area contributed by atoms with E-state index in [2.05, 4.69) is 15.0 Å². The predicted molar refractivity (Wildman–Crippen MR) is 153 cm³/mol. The summed E-state index contributed by atoms with van der Waals surface area (Å²) in [6.07, 6.45) is 5.13. The fourth-order valence-electron chi connectivity index (χ4n) is 3.16. The van der Waals surface area contributed by atoms with Crippen LogP contribution < -0.4 is 0 Å². The number of pyridine rings is 3. The van der Waals surface area contributed by atoms with E-state index in [1.54, 1.807) is 55.0 Å². The van der Waals surface area contributed by atoms with Gasteiger partial charge in [-0.05, 0) is 54.6 Å². The molecule has 6 aromatic rings. The zero-order valence-electron chi connectivity index (χ0n) is 19.7. The maximum absolute atomic E-state index is 9.09. The summed E-state index contributed by atoms with van der Waals surface area (Å²) in [7, 11) is 0. The van der Waals surface area contributed by atoms with Crippen molar-refractivity contribution in [2.24, 2.45) is 0 Å². The van der Waals surface area contributed by atoms with Crippen molar-refractivity contribution >= 4 is 122 Å². The van der Waals surface area contributed by atoms with Gasteiger partial charge >= 0.3 is 0 Å². The Morgan fingerprint density at radius 3 is 0.946 bits per heavy atom. The van der Waals surface area contributed by atoms with Crippen molar-refractivity contribution in [2.45, 2.75) is 0 Å². The number of phenols is 3. The fourth-order valence-corrected chi connectivity index (χ4v) is 3.16. The van der Waals surface area contributed by atoms with Gasteiger partial charge < -0.3 is 15.3 Å². The minimum atomic E-state index is 0. The molecule has 177 valence electrons. The maximum Gasteiger partial charge on any atom is 0.117 e. The molecule has 0 aliphatic rings. The Bertz CT molecular complexity index is 1360. The zero-order valence-corrected chi connectivity index (χ0v) is 29.4. The molecule has 0 saturated heterocycles. The Kier molecular flexibility index (Phi) is 16.8. The van der Waals surface area contributed by atoms with Gasteiger partial charge in [-0.3, -0.25) is 15.0 Å². The SMILES string of the molecule is Oc1ccc2cccnc2c1.Oc1ccc2cccnc2c1.Oc1ccc2cccnc2c1.[Al].[Sn].[Sn].[Sn]. The van der Waals surface area contributed by atoms with Crippen LogP contribution in [0.2, 0.25) is 0 Å². The summed E-state index contributed by atoms with van der Waals surface area (Å²) in [6, 6.07) is 27.0. The van der Waals surface area contributed by atoms with E-state index in [0.717, 1.165) is 32.7 Å². The molecule has 3 N–H and O–H groups in total. The normalized spacial score (nSPS) is 9.08. The molecule has 0 unspecified atom stereocenters. The molecule has 0 atom stereocenters. The van der Waals surface area contributed by atoms with Crippen LogP contribution in [-0.2, 0) is 0 Å². The van der Waals surface area contributed by atoms with Gasteiger partial charge in [0, 0.05) is 142 Å². The van der Waals surface area contributed by atoms with E-state index >= 15 is 0 Å². The average molecular weight is 819 g/mol. The molecule has 6 rings (SSSR count). The van der Waals surface area contributed by atoms with Gasteiger partial charge in [0.15, 0.2) is 0 Å². The second-order valence-electron chi connectivity index (χ2n) is 7.14. The van der Waals surface area contributed by atoms with Crippen molar-refractivity contribution in [2.75, 3.05) is 0 Å². The van der Waals surface area contributed by atoms with Crippen molar-refractivity contribution < 1.29 is 15.3 Å². The summed E-state index contributed by atoms with van der Waals surface area (Å²) in [5, 5.41) is 30.4. The Morgan fingerprint density at radius 1 is 0.405 bits per heavy atom. The third-order valence-electron chi connectivity index (χ3n) is 4.77. The number of rotatable bonds is 0. The average Bonchev–Trinajstić information content (AvgIpc) is 2.84. The summed E-state index contributed by atoms with van der Waals surface area (Å²) >= 11 is 0. The molecule has 0 fully saturated rings. The molecule has 0 bridgehead atoms. The first-order valence-electron chi connectivity index (χ1n) is 10.2.